The zero-order chi connectivity index (χ0) is 12.0. The van der Waals surface area contributed by atoms with Crippen molar-refractivity contribution >= 4 is 30.9 Å². The van der Waals surface area contributed by atoms with Crippen molar-refractivity contribution < 1.29 is 19.2 Å². The number of hydrogen-bond donors (Lipinski definition) is 2. The Morgan fingerprint density at radius 3 is 2.50 bits per heavy atom. The smallest absolute Gasteiger partial charge is 0.303 e. The Hall–Kier alpha value is 0.610. The van der Waals surface area contributed by atoms with Gasteiger partial charge in [-0.2, -0.15) is 0 Å². The average Bonchev–Trinajstić information content (AvgIpc) is 2.30. The predicted octanol–water partition coefficient (Wildman–Crippen LogP) is 1.35. The van der Waals surface area contributed by atoms with E-state index in [-0.39, 0.29) is 13.2 Å². The summed E-state index contributed by atoms with van der Waals surface area (Å²) in [5.74, 6) is 0.678. The molecular formula is C7H15Cl2N2O4P. The molecule has 0 aromatic rings. The Morgan fingerprint density at radius 1 is 1.50 bits per heavy atom. The van der Waals surface area contributed by atoms with Crippen molar-refractivity contribution in [3.8, 4) is 0 Å². The van der Waals surface area contributed by atoms with Crippen molar-refractivity contribution in [1.29, 1.82) is 0 Å². The lowest BCUT2D eigenvalue weighted by atomic mass is 10.4. The molecule has 2 unspecified atom stereocenters. The van der Waals surface area contributed by atoms with Crippen LogP contribution in [-0.2, 0) is 14.0 Å². The first-order valence-corrected chi connectivity index (χ1v) is 7.48. The van der Waals surface area contributed by atoms with Crippen LogP contribution in [0, 0.1) is 0 Å². The van der Waals surface area contributed by atoms with Gasteiger partial charge in [0.2, 0.25) is 0 Å². The molecule has 0 radical (unpaired) electrons. The van der Waals surface area contributed by atoms with Gasteiger partial charge in [-0.25, -0.2) is 14.6 Å². The summed E-state index contributed by atoms with van der Waals surface area (Å²) in [5, 5.41) is 11.2. The molecule has 1 heterocycles. The first kappa shape index (κ1) is 14.7. The summed E-state index contributed by atoms with van der Waals surface area (Å²) in [6, 6.07) is 0. The number of alkyl halides is 2. The van der Waals surface area contributed by atoms with Gasteiger partial charge in [-0.05, 0) is 0 Å². The van der Waals surface area contributed by atoms with Gasteiger partial charge in [0, 0.05) is 31.4 Å². The third-order valence-electron chi connectivity index (χ3n) is 2.16. The molecule has 96 valence electrons. The number of nitrogens with one attached hydrogen (secondary N) is 1. The summed E-state index contributed by atoms with van der Waals surface area (Å²) in [6.07, 6.45) is -0.504. The van der Waals surface area contributed by atoms with Crippen molar-refractivity contribution in [1.82, 2.24) is 9.76 Å². The lowest BCUT2D eigenvalue weighted by Crippen LogP contribution is -2.42. The van der Waals surface area contributed by atoms with E-state index in [1.54, 1.807) is 4.67 Å². The monoisotopic (exact) mass is 292 g/mol. The van der Waals surface area contributed by atoms with Gasteiger partial charge in [0.1, 0.15) is 6.10 Å². The molecule has 1 rings (SSSR count). The minimum atomic E-state index is -3.08. The molecule has 0 saturated carbocycles. The van der Waals surface area contributed by atoms with Gasteiger partial charge in [0.05, 0.1) is 6.61 Å². The quantitative estimate of drug-likeness (QED) is 0.333. The first-order valence-electron chi connectivity index (χ1n) is 4.83. The molecule has 0 aliphatic carbocycles. The molecule has 0 amide bonds. The molecule has 0 aromatic heterocycles. The zero-order valence-corrected chi connectivity index (χ0v) is 11.0. The maximum absolute atomic E-state index is 12.3. The van der Waals surface area contributed by atoms with Gasteiger partial charge >= 0.3 is 7.67 Å². The first-order chi connectivity index (χ1) is 7.66. The van der Waals surface area contributed by atoms with Crippen LogP contribution in [0.5, 0.6) is 0 Å². The molecule has 2 atom stereocenters. The Kier molecular flexibility index (Phi) is 6.54. The standard InChI is InChI=1S/C7H15Cl2N2O4P/c8-1-3-11(4-2-9)16(13)10-5-7(15-12)6-14-16/h7,12H,1-6H2,(H,10,13). The van der Waals surface area contributed by atoms with Gasteiger partial charge in [-0.3, -0.25) is 9.82 Å². The van der Waals surface area contributed by atoms with Crippen molar-refractivity contribution in [2.24, 2.45) is 0 Å². The Bertz CT molecular complexity index is 241. The summed E-state index contributed by atoms with van der Waals surface area (Å²) in [7, 11) is -3.08. The fraction of sp³-hybridized carbons (Fsp3) is 1.00. The SMILES string of the molecule is O=P1(N(CCCl)CCCl)NCC(OO)CO1. The minimum absolute atomic E-state index is 0.0713. The van der Waals surface area contributed by atoms with Crippen LogP contribution >= 0.6 is 30.9 Å². The lowest BCUT2D eigenvalue weighted by Gasteiger charge is -2.35. The van der Waals surface area contributed by atoms with E-state index in [9.17, 15) is 4.57 Å². The molecule has 1 saturated heterocycles. The van der Waals surface area contributed by atoms with Crippen LogP contribution in [0.25, 0.3) is 0 Å². The highest BCUT2D eigenvalue weighted by atomic mass is 35.5. The van der Waals surface area contributed by atoms with Crippen molar-refractivity contribution in [2.45, 2.75) is 6.10 Å². The molecule has 6 nitrogen and oxygen atoms in total. The van der Waals surface area contributed by atoms with Crippen LogP contribution in [0.4, 0.5) is 0 Å². The van der Waals surface area contributed by atoms with E-state index in [0.29, 0.717) is 24.8 Å². The minimum Gasteiger partial charge on any atom is -0.303 e. The van der Waals surface area contributed by atoms with Gasteiger partial charge in [0.15, 0.2) is 0 Å². The second-order valence-electron chi connectivity index (χ2n) is 3.24. The molecule has 16 heavy (non-hydrogen) atoms. The zero-order valence-electron chi connectivity index (χ0n) is 8.64. The van der Waals surface area contributed by atoms with E-state index in [4.69, 9.17) is 33.0 Å². The molecule has 0 bridgehead atoms. The third-order valence-corrected chi connectivity index (χ3v) is 4.72. The van der Waals surface area contributed by atoms with E-state index >= 15 is 0 Å². The Morgan fingerprint density at radius 2 is 2.12 bits per heavy atom. The fourth-order valence-electron chi connectivity index (χ4n) is 1.33. The molecule has 1 aliphatic heterocycles. The fourth-order valence-corrected chi connectivity index (χ4v) is 3.95. The van der Waals surface area contributed by atoms with Gasteiger partial charge in [0.25, 0.3) is 0 Å². The normalized spacial score (nSPS) is 30.9. The van der Waals surface area contributed by atoms with Crippen molar-refractivity contribution in [3.63, 3.8) is 0 Å². The largest absolute Gasteiger partial charge is 0.343 e. The molecular weight excluding hydrogens is 278 g/mol. The number of halogens is 2. The molecule has 9 heteroatoms. The molecule has 1 fully saturated rings. The van der Waals surface area contributed by atoms with E-state index in [1.807, 2.05) is 0 Å². The third kappa shape index (κ3) is 3.82. The maximum Gasteiger partial charge on any atom is 0.343 e. The highest BCUT2D eigenvalue weighted by Gasteiger charge is 2.36. The van der Waals surface area contributed by atoms with Crippen LogP contribution in [0.1, 0.15) is 0 Å². The Labute approximate surface area is 104 Å². The maximum atomic E-state index is 12.3. The Balaban J connectivity index is 2.58. The van der Waals surface area contributed by atoms with Gasteiger partial charge in [-0.1, -0.05) is 0 Å². The summed E-state index contributed by atoms with van der Waals surface area (Å²) in [6.45, 7) is 1.17. The molecule has 0 spiro atoms. The lowest BCUT2D eigenvalue weighted by molar-refractivity contribution is -0.283. The van der Waals surface area contributed by atoms with Gasteiger partial charge in [-0.15, -0.1) is 23.2 Å². The van der Waals surface area contributed by atoms with Crippen LogP contribution in [-0.4, -0.2) is 54.0 Å². The summed E-state index contributed by atoms with van der Waals surface area (Å²) in [5.41, 5.74) is 0. The molecule has 0 aromatic carbocycles. The van der Waals surface area contributed by atoms with E-state index in [0.717, 1.165) is 0 Å². The van der Waals surface area contributed by atoms with E-state index < -0.39 is 13.8 Å². The summed E-state index contributed by atoms with van der Waals surface area (Å²) in [4.78, 5) is 4.10. The summed E-state index contributed by atoms with van der Waals surface area (Å²) < 4.78 is 19.1. The predicted molar refractivity (Wildman–Crippen MR) is 62.1 cm³/mol. The number of hydrogen-bond acceptors (Lipinski definition) is 4. The number of nitrogens with zero attached hydrogens (tertiary/aromatic N) is 1. The summed E-state index contributed by atoms with van der Waals surface area (Å²) >= 11 is 11.2. The second kappa shape index (κ2) is 7.13. The van der Waals surface area contributed by atoms with Crippen LogP contribution in [0.3, 0.4) is 0 Å². The van der Waals surface area contributed by atoms with Crippen LogP contribution < -0.4 is 5.09 Å². The van der Waals surface area contributed by atoms with E-state index in [2.05, 4.69) is 9.97 Å². The highest BCUT2D eigenvalue weighted by molar-refractivity contribution is 7.54. The molecule has 1 aliphatic rings. The van der Waals surface area contributed by atoms with Crippen LogP contribution in [0.2, 0.25) is 0 Å². The van der Waals surface area contributed by atoms with Gasteiger partial charge < -0.3 is 4.52 Å². The van der Waals surface area contributed by atoms with Crippen molar-refractivity contribution in [2.75, 3.05) is 38.0 Å². The van der Waals surface area contributed by atoms with E-state index in [1.165, 1.54) is 0 Å². The number of rotatable bonds is 6. The average molecular weight is 293 g/mol. The second-order valence-corrected chi connectivity index (χ2v) is 6.17. The highest BCUT2D eigenvalue weighted by Crippen LogP contribution is 2.48. The van der Waals surface area contributed by atoms with Crippen LogP contribution in [0.15, 0.2) is 0 Å². The van der Waals surface area contributed by atoms with Crippen molar-refractivity contribution in [3.05, 3.63) is 0 Å². The molecule has 2 N–H and O–H groups in total. The topological polar surface area (TPSA) is 71.0 Å².